The molecule has 0 saturated carbocycles. The SMILES string of the molecule is CC[C@@H](C)c1ccc(NC(=O)C2CCN(C(=O)C(C)(C)C)CC2)cc1. The highest BCUT2D eigenvalue weighted by molar-refractivity contribution is 5.92. The summed E-state index contributed by atoms with van der Waals surface area (Å²) in [5.41, 5.74) is 1.80. The number of rotatable bonds is 4. The zero-order valence-electron chi connectivity index (χ0n) is 16.3. The van der Waals surface area contributed by atoms with Crippen molar-refractivity contribution in [3.05, 3.63) is 29.8 Å². The van der Waals surface area contributed by atoms with E-state index in [2.05, 4.69) is 31.3 Å². The number of likely N-dealkylation sites (tertiary alicyclic amines) is 1. The molecular weight excluding hydrogens is 312 g/mol. The molecule has 1 fully saturated rings. The molecule has 1 atom stereocenters. The van der Waals surface area contributed by atoms with E-state index in [1.807, 2.05) is 37.8 Å². The van der Waals surface area contributed by atoms with E-state index in [0.29, 0.717) is 19.0 Å². The van der Waals surface area contributed by atoms with Gasteiger partial charge in [0, 0.05) is 30.1 Å². The molecule has 1 aliphatic heterocycles. The van der Waals surface area contributed by atoms with Gasteiger partial charge in [-0.2, -0.15) is 0 Å². The van der Waals surface area contributed by atoms with E-state index in [-0.39, 0.29) is 23.1 Å². The van der Waals surface area contributed by atoms with Gasteiger partial charge in [0.1, 0.15) is 0 Å². The Kier molecular flexibility index (Phi) is 6.26. The first kappa shape index (κ1) is 19.5. The standard InChI is InChI=1S/C21H32N2O2/c1-6-15(2)16-7-9-18(10-8-16)22-19(24)17-11-13-23(14-12-17)20(25)21(3,4)5/h7-10,15,17H,6,11-14H2,1-5H3,(H,22,24)/t15-/m1/s1. The lowest BCUT2D eigenvalue weighted by Crippen LogP contribution is -2.45. The van der Waals surface area contributed by atoms with Crippen LogP contribution in [-0.2, 0) is 9.59 Å². The number of carbonyl (C=O) groups is 2. The number of benzene rings is 1. The van der Waals surface area contributed by atoms with Crippen molar-refractivity contribution in [3.63, 3.8) is 0 Å². The van der Waals surface area contributed by atoms with Gasteiger partial charge < -0.3 is 10.2 Å². The van der Waals surface area contributed by atoms with Crippen LogP contribution in [0.25, 0.3) is 0 Å². The second-order valence-electron chi connectivity index (χ2n) is 8.24. The van der Waals surface area contributed by atoms with Crippen LogP contribution in [0.3, 0.4) is 0 Å². The van der Waals surface area contributed by atoms with E-state index in [1.165, 1.54) is 5.56 Å². The van der Waals surface area contributed by atoms with Crippen LogP contribution in [0, 0.1) is 11.3 Å². The lowest BCUT2D eigenvalue weighted by molar-refractivity contribution is -0.142. The van der Waals surface area contributed by atoms with Gasteiger partial charge in [0.05, 0.1) is 0 Å². The normalized spacial score (nSPS) is 17.2. The molecule has 2 rings (SSSR count). The topological polar surface area (TPSA) is 49.4 Å². The van der Waals surface area contributed by atoms with E-state index in [1.54, 1.807) is 0 Å². The lowest BCUT2D eigenvalue weighted by Gasteiger charge is -2.35. The molecule has 1 aliphatic rings. The number of anilines is 1. The molecule has 0 unspecified atom stereocenters. The molecule has 4 nitrogen and oxygen atoms in total. The average molecular weight is 344 g/mol. The minimum atomic E-state index is -0.355. The van der Waals surface area contributed by atoms with Crippen LogP contribution in [0.5, 0.6) is 0 Å². The molecule has 0 aliphatic carbocycles. The maximum atomic E-state index is 12.5. The summed E-state index contributed by atoms with van der Waals surface area (Å²) in [5.74, 6) is 0.763. The summed E-state index contributed by atoms with van der Waals surface area (Å²) in [6, 6.07) is 8.15. The van der Waals surface area contributed by atoms with Gasteiger partial charge in [-0.25, -0.2) is 0 Å². The highest BCUT2D eigenvalue weighted by Gasteiger charge is 2.32. The second-order valence-corrected chi connectivity index (χ2v) is 8.24. The molecule has 1 heterocycles. The number of hydrogen-bond acceptors (Lipinski definition) is 2. The number of hydrogen-bond donors (Lipinski definition) is 1. The van der Waals surface area contributed by atoms with Gasteiger partial charge in [0.15, 0.2) is 0 Å². The van der Waals surface area contributed by atoms with Gasteiger partial charge in [0.25, 0.3) is 0 Å². The maximum absolute atomic E-state index is 12.5. The van der Waals surface area contributed by atoms with Crippen molar-refractivity contribution in [1.29, 1.82) is 0 Å². The molecule has 25 heavy (non-hydrogen) atoms. The van der Waals surface area contributed by atoms with Crippen molar-refractivity contribution in [3.8, 4) is 0 Å². The Morgan fingerprint density at radius 2 is 1.72 bits per heavy atom. The van der Waals surface area contributed by atoms with Crippen molar-refractivity contribution >= 4 is 17.5 Å². The van der Waals surface area contributed by atoms with Crippen molar-refractivity contribution in [2.75, 3.05) is 18.4 Å². The molecule has 0 bridgehead atoms. The predicted molar refractivity (Wildman–Crippen MR) is 103 cm³/mol. The van der Waals surface area contributed by atoms with Crippen LogP contribution >= 0.6 is 0 Å². The molecule has 138 valence electrons. The number of amides is 2. The van der Waals surface area contributed by atoms with Crippen molar-refractivity contribution < 1.29 is 9.59 Å². The third-order valence-corrected chi connectivity index (χ3v) is 5.15. The van der Waals surface area contributed by atoms with E-state index in [0.717, 1.165) is 24.9 Å². The maximum Gasteiger partial charge on any atom is 0.227 e. The van der Waals surface area contributed by atoms with E-state index < -0.39 is 0 Å². The summed E-state index contributed by atoms with van der Waals surface area (Å²) in [6.07, 6.45) is 2.58. The molecule has 0 aromatic heterocycles. The molecule has 2 amide bonds. The van der Waals surface area contributed by atoms with E-state index in [4.69, 9.17) is 0 Å². The first-order valence-corrected chi connectivity index (χ1v) is 9.42. The average Bonchev–Trinajstić information content (AvgIpc) is 2.60. The zero-order chi connectivity index (χ0) is 18.6. The molecule has 4 heteroatoms. The van der Waals surface area contributed by atoms with Gasteiger partial charge >= 0.3 is 0 Å². The fourth-order valence-corrected chi connectivity index (χ4v) is 3.19. The lowest BCUT2D eigenvalue weighted by atomic mass is 9.90. The molecule has 1 aromatic rings. The van der Waals surface area contributed by atoms with Gasteiger partial charge in [0.2, 0.25) is 11.8 Å². The minimum Gasteiger partial charge on any atom is -0.342 e. The summed E-state index contributed by atoms with van der Waals surface area (Å²) >= 11 is 0. The Hall–Kier alpha value is -1.84. The van der Waals surface area contributed by atoms with Crippen LogP contribution < -0.4 is 5.32 Å². The predicted octanol–water partition coefficient (Wildman–Crippen LogP) is 4.42. The summed E-state index contributed by atoms with van der Waals surface area (Å²) in [5, 5.41) is 3.03. The number of carbonyl (C=O) groups excluding carboxylic acids is 2. The molecule has 0 spiro atoms. The van der Waals surface area contributed by atoms with Crippen LogP contribution in [0.4, 0.5) is 5.69 Å². The largest absolute Gasteiger partial charge is 0.342 e. The van der Waals surface area contributed by atoms with Crippen molar-refractivity contribution in [1.82, 2.24) is 4.90 Å². The second kappa shape index (κ2) is 8.03. The Balaban J connectivity index is 1.87. The fourth-order valence-electron chi connectivity index (χ4n) is 3.19. The van der Waals surface area contributed by atoms with Gasteiger partial charge in [-0.3, -0.25) is 9.59 Å². The monoisotopic (exact) mass is 344 g/mol. The highest BCUT2D eigenvalue weighted by Crippen LogP contribution is 2.25. The van der Waals surface area contributed by atoms with Crippen LogP contribution in [0.2, 0.25) is 0 Å². The molecule has 1 aromatic carbocycles. The third kappa shape index (κ3) is 5.07. The Labute approximate surface area is 152 Å². The summed E-state index contributed by atoms with van der Waals surface area (Å²) in [4.78, 5) is 26.7. The number of nitrogens with one attached hydrogen (secondary N) is 1. The molecule has 0 radical (unpaired) electrons. The van der Waals surface area contributed by atoms with Gasteiger partial charge in [-0.1, -0.05) is 46.8 Å². The highest BCUT2D eigenvalue weighted by atomic mass is 16.2. The fraction of sp³-hybridized carbons (Fsp3) is 0.619. The van der Waals surface area contributed by atoms with Gasteiger partial charge in [-0.15, -0.1) is 0 Å². The Morgan fingerprint density at radius 1 is 1.16 bits per heavy atom. The van der Waals surface area contributed by atoms with Crippen molar-refractivity contribution in [2.45, 2.75) is 59.8 Å². The third-order valence-electron chi connectivity index (χ3n) is 5.15. The number of nitrogens with zero attached hydrogens (tertiary/aromatic N) is 1. The van der Waals surface area contributed by atoms with E-state index in [9.17, 15) is 9.59 Å². The molecular formula is C21H32N2O2. The summed E-state index contributed by atoms with van der Waals surface area (Å²) < 4.78 is 0. The Morgan fingerprint density at radius 3 is 2.20 bits per heavy atom. The minimum absolute atomic E-state index is 0.0155. The summed E-state index contributed by atoms with van der Waals surface area (Å²) in [6.45, 7) is 11.5. The summed E-state index contributed by atoms with van der Waals surface area (Å²) in [7, 11) is 0. The molecule has 1 saturated heterocycles. The first-order chi connectivity index (χ1) is 11.7. The number of piperidine rings is 1. The quantitative estimate of drug-likeness (QED) is 0.879. The van der Waals surface area contributed by atoms with Crippen LogP contribution in [0.15, 0.2) is 24.3 Å². The van der Waals surface area contributed by atoms with Crippen molar-refractivity contribution in [2.24, 2.45) is 11.3 Å². The van der Waals surface area contributed by atoms with Crippen LogP contribution in [0.1, 0.15) is 65.4 Å². The molecule has 1 N–H and O–H groups in total. The van der Waals surface area contributed by atoms with E-state index >= 15 is 0 Å². The van der Waals surface area contributed by atoms with Crippen LogP contribution in [-0.4, -0.2) is 29.8 Å². The first-order valence-electron chi connectivity index (χ1n) is 9.42. The van der Waals surface area contributed by atoms with Gasteiger partial charge in [-0.05, 0) is 42.9 Å². The Bertz CT molecular complexity index is 593. The smallest absolute Gasteiger partial charge is 0.227 e. The zero-order valence-corrected chi connectivity index (χ0v) is 16.3.